The zero-order valence-electron chi connectivity index (χ0n) is 14.5. The van der Waals surface area contributed by atoms with Gasteiger partial charge < -0.3 is 18.6 Å². The van der Waals surface area contributed by atoms with Gasteiger partial charge in [0, 0.05) is 17.4 Å². The lowest BCUT2D eigenvalue weighted by atomic mass is 10.1. The Morgan fingerprint density at radius 1 is 1.15 bits per heavy atom. The number of esters is 1. The fraction of sp³-hybridized carbons (Fsp3) is 0.250. The molecule has 26 heavy (non-hydrogen) atoms. The highest BCUT2D eigenvalue weighted by atomic mass is 32.2. The van der Waals surface area contributed by atoms with Gasteiger partial charge >= 0.3 is 5.97 Å². The molecule has 1 aliphatic rings. The summed E-state index contributed by atoms with van der Waals surface area (Å²) < 4.78 is 21.7. The molecule has 2 heterocycles. The largest absolute Gasteiger partial charge is 0.469 e. The molecular weight excluding hydrogens is 352 g/mol. The van der Waals surface area contributed by atoms with Gasteiger partial charge in [-0.2, -0.15) is 0 Å². The first kappa shape index (κ1) is 16.8. The van der Waals surface area contributed by atoms with E-state index in [0.717, 1.165) is 44.3 Å². The third-order valence-electron chi connectivity index (χ3n) is 4.39. The molecule has 0 bridgehead atoms. The SMILES string of the molecule is COC(=O)CCc1ccc2oc(-c3ccc4c(c3)OCO4)c(SC)c2c1. The van der Waals surface area contributed by atoms with Crippen LogP contribution in [-0.2, 0) is 16.0 Å². The van der Waals surface area contributed by atoms with E-state index >= 15 is 0 Å². The van der Waals surface area contributed by atoms with Crippen LogP contribution in [0.3, 0.4) is 0 Å². The molecule has 134 valence electrons. The van der Waals surface area contributed by atoms with Crippen LogP contribution in [0.25, 0.3) is 22.3 Å². The van der Waals surface area contributed by atoms with E-state index in [-0.39, 0.29) is 12.8 Å². The summed E-state index contributed by atoms with van der Waals surface area (Å²) in [6.45, 7) is 0.248. The highest BCUT2D eigenvalue weighted by Crippen LogP contribution is 2.43. The first-order valence-electron chi connectivity index (χ1n) is 8.26. The van der Waals surface area contributed by atoms with Gasteiger partial charge in [-0.15, -0.1) is 11.8 Å². The van der Waals surface area contributed by atoms with E-state index in [9.17, 15) is 4.79 Å². The first-order chi connectivity index (χ1) is 12.7. The van der Waals surface area contributed by atoms with Crippen molar-refractivity contribution in [3.8, 4) is 22.8 Å². The number of carbonyl (C=O) groups is 1. The molecule has 6 heteroatoms. The van der Waals surface area contributed by atoms with Crippen molar-refractivity contribution in [2.45, 2.75) is 17.7 Å². The number of methoxy groups -OCH3 is 1. The molecule has 0 spiro atoms. The van der Waals surface area contributed by atoms with Crippen LogP contribution in [0.2, 0.25) is 0 Å². The van der Waals surface area contributed by atoms with Gasteiger partial charge in [0.2, 0.25) is 6.79 Å². The molecule has 3 aromatic rings. The number of carbonyl (C=O) groups excluding carboxylic acids is 1. The Morgan fingerprint density at radius 2 is 2.00 bits per heavy atom. The molecule has 0 atom stereocenters. The lowest BCUT2D eigenvalue weighted by Crippen LogP contribution is -2.01. The van der Waals surface area contributed by atoms with Crippen LogP contribution in [0.5, 0.6) is 11.5 Å². The van der Waals surface area contributed by atoms with Gasteiger partial charge in [0.1, 0.15) is 11.3 Å². The molecule has 1 aliphatic heterocycles. The number of aryl methyl sites for hydroxylation is 1. The van der Waals surface area contributed by atoms with Crippen LogP contribution < -0.4 is 9.47 Å². The molecule has 0 N–H and O–H groups in total. The van der Waals surface area contributed by atoms with Crippen molar-refractivity contribution in [2.24, 2.45) is 0 Å². The van der Waals surface area contributed by atoms with E-state index in [1.807, 2.05) is 36.6 Å². The Hall–Kier alpha value is -2.60. The van der Waals surface area contributed by atoms with E-state index in [4.69, 9.17) is 18.6 Å². The van der Waals surface area contributed by atoms with Gasteiger partial charge in [0.15, 0.2) is 11.5 Å². The van der Waals surface area contributed by atoms with Crippen molar-refractivity contribution in [3.63, 3.8) is 0 Å². The summed E-state index contributed by atoms with van der Waals surface area (Å²) >= 11 is 1.64. The molecule has 1 aromatic heterocycles. The average molecular weight is 370 g/mol. The number of rotatable bonds is 5. The van der Waals surface area contributed by atoms with E-state index in [0.29, 0.717) is 12.8 Å². The van der Waals surface area contributed by atoms with Crippen LogP contribution in [0.4, 0.5) is 0 Å². The summed E-state index contributed by atoms with van der Waals surface area (Å²) in [5, 5.41) is 1.05. The number of hydrogen-bond donors (Lipinski definition) is 0. The standard InChI is InChI=1S/C20H18O5S/c1-22-18(21)8-4-12-3-6-15-14(9-12)20(26-2)19(25-15)13-5-7-16-17(10-13)24-11-23-16/h3,5-7,9-10H,4,8,11H2,1-2H3. The van der Waals surface area contributed by atoms with E-state index < -0.39 is 0 Å². The smallest absolute Gasteiger partial charge is 0.305 e. The van der Waals surface area contributed by atoms with Crippen molar-refractivity contribution in [1.29, 1.82) is 0 Å². The highest BCUT2D eigenvalue weighted by molar-refractivity contribution is 7.99. The number of benzene rings is 2. The molecule has 0 saturated carbocycles. The summed E-state index contributed by atoms with van der Waals surface area (Å²) in [5.41, 5.74) is 2.85. The van der Waals surface area contributed by atoms with Crippen LogP contribution in [-0.4, -0.2) is 26.1 Å². The average Bonchev–Trinajstić information content (AvgIpc) is 3.28. The molecule has 0 aliphatic carbocycles. The molecule has 0 saturated heterocycles. The number of fused-ring (bicyclic) bond motifs is 2. The van der Waals surface area contributed by atoms with Gasteiger partial charge in [-0.3, -0.25) is 4.79 Å². The summed E-state index contributed by atoms with van der Waals surface area (Å²) in [5.74, 6) is 2.09. The maximum atomic E-state index is 11.4. The van der Waals surface area contributed by atoms with Crippen LogP contribution in [0, 0.1) is 0 Å². The summed E-state index contributed by atoms with van der Waals surface area (Å²) in [6, 6.07) is 11.8. The first-order valence-corrected chi connectivity index (χ1v) is 9.48. The number of thioether (sulfide) groups is 1. The number of furan rings is 1. The molecule has 0 unspecified atom stereocenters. The molecule has 0 fully saturated rings. The molecule has 4 rings (SSSR count). The second-order valence-electron chi connectivity index (χ2n) is 5.94. The number of ether oxygens (including phenoxy) is 3. The molecular formula is C20H18O5S. The second kappa shape index (κ2) is 6.96. The minimum atomic E-state index is -0.205. The van der Waals surface area contributed by atoms with E-state index in [1.54, 1.807) is 11.8 Å². The predicted molar refractivity (Wildman–Crippen MR) is 99.9 cm³/mol. The molecule has 2 aromatic carbocycles. The number of hydrogen-bond acceptors (Lipinski definition) is 6. The minimum Gasteiger partial charge on any atom is -0.469 e. The van der Waals surface area contributed by atoms with E-state index in [2.05, 4.69) is 6.07 Å². The molecule has 0 amide bonds. The minimum absolute atomic E-state index is 0.205. The maximum Gasteiger partial charge on any atom is 0.305 e. The van der Waals surface area contributed by atoms with Gasteiger partial charge in [0.25, 0.3) is 0 Å². The Balaban J connectivity index is 1.73. The van der Waals surface area contributed by atoms with Crippen molar-refractivity contribution in [3.05, 3.63) is 42.0 Å². The normalized spacial score (nSPS) is 12.5. The zero-order chi connectivity index (χ0) is 18.1. The third-order valence-corrected chi connectivity index (χ3v) is 5.20. The van der Waals surface area contributed by atoms with Gasteiger partial charge in [-0.1, -0.05) is 6.07 Å². The van der Waals surface area contributed by atoms with Crippen molar-refractivity contribution in [2.75, 3.05) is 20.2 Å². The fourth-order valence-corrected chi connectivity index (χ4v) is 3.78. The quantitative estimate of drug-likeness (QED) is 0.481. The van der Waals surface area contributed by atoms with Crippen molar-refractivity contribution >= 4 is 28.7 Å². The third kappa shape index (κ3) is 3.01. The fourth-order valence-electron chi connectivity index (χ4n) is 3.06. The molecule has 0 radical (unpaired) electrons. The summed E-state index contributed by atoms with van der Waals surface area (Å²) in [6.07, 6.45) is 3.03. The predicted octanol–water partition coefficient (Wildman–Crippen LogP) is 4.66. The van der Waals surface area contributed by atoms with Crippen LogP contribution >= 0.6 is 11.8 Å². The highest BCUT2D eigenvalue weighted by Gasteiger charge is 2.20. The summed E-state index contributed by atoms with van der Waals surface area (Å²) in [7, 11) is 1.41. The second-order valence-corrected chi connectivity index (χ2v) is 6.76. The van der Waals surface area contributed by atoms with E-state index in [1.165, 1.54) is 7.11 Å². The topological polar surface area (TPSA) is 57.9 Å². The summed E-state index contributed by atoms with van der Waals surface area (Å²) in [4.78, 5) is 12.5. The molecule has 5 nitrogen and oxygen atoms in total. The maximum absolute atomic E-state index is 11.4. The lowest BCUT2D eigenvalue weighted by molar-refractivity contribution is -0.140. The van der Waals surface area contributed by atoms with Gasteiger partial charge in [-0.25, -0.2) is 0 Å². The lowest BCUT2D eigenvalue weighted by Gasteiger charge is -2.03. The van der Waals surface area contributed by atoms with Crippen LogP contribution in [0.15, 0.2) is 45.7 Å². The van der Waals surface area contributed by atoms with Gasteiger partial charge in [-0.05, 0) is 48.6 Å². The Labute approximate surface area is 155 Å². The monoisotopic (exact) mass is 370 g/mol. The van der Waals surface area contributed by atoms with Gasteiger partial charge in [0.05, 0.1) is 12.0 Å². The zero-order valence-corrected chi connectivity index (χ0v) is 15.4. The van der Waals surface area contributed by atoms with Crippen LogP contribution in [0.1, 0.15) is 12.0 Å². The van der Waals surface area contributed by atoms with Crippen molar-refractivity contribution in [1.82, 2.24) is 0 Å². The Morgan fingerprint density at radius 3 is 2.81 bits per heavy atom. The Kier molecular flexibility index (Phi) is 4.51. The Bertz CT molecular complexity index is 976. The van der Waals surface area contributed by atoms with Crippen molar-refractivity contribution < 1.29 is 23.4 Å².